The maximum Gasteiger partial charge on any atom is 0.154 e. The average molecular weight is 458 g/mol. The van der Waals surface area contributed by atoms with E-state index in [0.717, 1.165) is 54.1 Å². The fraction of sp³-hybridized carbons (Fsp3) is 0.360. The van der Waals surface area contributed by atoms with E-state index in [4.69, 9.17) is 9.47 Å². The van der Waals surface area contributed by atoms with Crippen LogP contribution in [-0.2, 0) is 4.74 Å². The fourth-order valence-electron chi connectivity index (χ4n) is 4.91. The van der Waals surface area contributed by atoms with E-state index in [1.807, 2.05) is 29.9 Å². The van der Waals surface area contributed by atoms with Gasteiger partial charge in [0.2, 0.25) is 0 Å². The molecule has 1 N–H and O–H groups in total. The number of nitrogens with zero attached hydrogens (tertiary/aromatic N) is 6. The van der Waals surface area contributed by atoms with Crippen molar-refractivity contribution in [3.05, 3.63) is 60.9 Å². The summed E-state index contributed by atoms with van der Waals surface area (Å²) in [5.74, 6) is 2.18. The van der Waals surface area contributed by atoms with E-state index < -0.39 is 0 Å². The van der Waals surface area contributed by atoms with Crippen LogP contribution in [0.1, 0.15) is 18.5 Å². The summed E-state index contributed by atoms with van der Waals surface area (Å²) in [6.45, 7) is 3.55. The normalized spacial score (nSPS) is 22.6. The lowest BCUT2D eigenvalue weighted by Gasteiger charge is -2.46. The molecule has 0 spiro atoms. The molecule has 34 heavy (non-hydrogen) atoms. The number of ether oxygens (including phenoxy) is 2. The van der Waals surface area contributed by atoms with Gasteiger partial charge in [-0.25, -0.2) is 9.50 Å². The summed E-state index contributed by atoms with van der Waals surface area (Å²) in [5, 5.41) is 7.79. The topological polar surface area (TPSA) is 89.7 Å². The summed E-state index contributed by atoms with van der Waals surface area (Å²) in [6, 6.07) is 9.07. The minimum Gasteiger partial charge on any atom is -0.488 e. The second-order valence-electron chi connectivity index (χ2n) is 9.07. The van der Waals surface area contributed by atoms with Gasteiger partial charge < -0.3 is 14.8 Å². The van der Waals surface area contributed by atoms with E-state index in [1.54, 1.807) is 18.6 Å². The van der Waals surface area contributed by atoms with E-state index in [1.165, 1.54) is 0 Å². The maximum absolute atomic E-state index is 6.58. The largest absolute Gasteiger partial charge is 0.488 e. The molecule has 6 rings (SSSR count). The molecule has 9 nitrogen and oxygen atoms in total. The minimum absolute atomic E-state index is 0.153. The SMILES string of the molecule is Cc1cc(-c2ccn3nc(Nc4cnccn4)cc3c2)c(O[C@H]2C[C@H]3COC[C@@H](C2)N3C)cn1. The minimum atomic E-state index is 0.153. The molecule has 0 unspecified atom stereocenters. The molecule has 2 fully saturated rings. The molecule has 2 aliphatic rings. The molecule has 2 bridgehead atoms. The van der Waals surface area contributed by atoms with Crippen LogP contribution >= 0.6 is 0 Å². The van der Waals surface area contributed by atoms with Crippen molar-refractivity contribution < 1.29 is 9.47 Å². The van der Waals surface area contributed by atoms with E-state index >= 15 is 0 Å². The van der Waals surface area contributed by atoms with Gasteiger partial charge in [0.05, 0.1) is 31.1 Å². The molecular formula is C25H27N7O2. The van der Waals surface area contributed by atoms with Crippen LogP contribution in [0.4, 0.5) is 11.6 Å². The third-order valence-corrected chi connectivity index (χ3v) is 6.73. The molecule has 2 saturated heterocycles. The van der Waals surface area contributed by atoms with Crippen molar-refractivity contribution in [3.63, 3.8) is 0 Å². The fourth-order valence-corrected chi connectivity index (χ4v) is 4.91. The molecular weight excluding hydrogens is 430 g/mol. The van der Waals surface area contributed by atoms with Crippen molar-refractivity contribution in [3.8, 4) is 16.9 Å². The van der Waals surface area contributed by atoms with E-state index in [2.05, 4.69) is 55.5 Å². The number of aromatic nitrogens is 5. The number of likely N-dealkylation sites (N-methyl/N-ethyl adjacent to an activating group) is 1. The van der Waals surface area contributed by atoms with Crippen LogP contribution in [0.25, 0.3) is 16.6 Å². The van der Waals surface area contributed by atoms with Gasteiger partial charge in [0.25, 0.3) is 0 Å². The van der Waals surface area contributed by atoms with E-state index in [9.17, 15) is 0 Å². The van der Waals surface area contributed by atoms with Crippen LogP contribution in [0.3, 0.4) is 0 Å². The summed E-state index contributed by atoms with van der Waals surface area (Å²) in [5.41, 5.74) is 4.03. The number of morpholine rings is 1. The Balaban J connectivity index is 1.28. The van der Waals surface area contributed by atoms with Gasteiger partial charge in [-0.3, -0.25) is 14.9 Å². The molecule has 0 radical (unpaired) electrons. The van der Waals surface area contributed by atoms with Gasteiger partial charge in [0, 0.05) is 60.8 Å². The zero-order chi connectivity index (χ0) is 23.1. The van der Waals surface area contributed by atoms with E-state index in [-0.39, 0.29) is 6.10 Å². The summed E-state index contributed by atoms with van der Waals surface area (Å²) in [4.78, 5) is 15.3. The predicted molar refractivity (Wildman–Crippen MR) is 128 cm³/mol. The lowest BCUT2D eigenvalue weighted by molar-refractivity contribution is -0.0879. The molecule has 4 aromatic rings. The summed E-state index contributed by atoms with van der Waals surface area (Å²) >= 11 is 0. The Kier molecular flexibility index (Phi) is 5.35. The van der Waals surface area contributed by atoms with Gasteiger partial charge >= 0.3 is 0 Å². The number of rotatable bonds is 5. The summed E-state index contributed by atoms with van der Waals surface area (Å²) < 4.78 is 14.2. The third-order valence-electron chi connectivity index (χ3n) is 6.73. The Labute approximate surface area is 197 Å². The van der Waals surface area contributed by atoms with Gasteiger partial charge in [0.1, 0.15) is 17.7 Å². The number of pyridine rings is 2. The second kappa shape index (κ2) is 8.66. The van der Waals surface area contributed by atoms with Crippen LogP contribution in [-0.4, -0.2) is 67.9 Å². The highest BCUT2D eigenvalue weighted by atomic mass is 16.5. The highest BCUT2D eigenvalue weighted by Crippen LogP contribution is 2.35. The number of anilines is 2. The molecule has 0 saturated carbocycles. The number of nitrogens with one attached hydrogen (secondary N) is 1. The van der Waals surface area contributed by atoms with Gasteiger partial charge in [-0.15, -0.1) is 0 Å². The Morgan fingerprint density at radius 2 is 1.88 bits per heavy atom. The second-order valence-corrected chi connectivity index (χ2v) is 9.07. The smallest absolute Gasteiger partial charge is 0.154 e. The van der Waals surface area contributed by atoms with E-state index in [0.29, 0.717) is 23.7 Å². The first kappa shape index (κ1) is 21.0. The highest BCUT2D eigenvalue weighted by Gasteiger charge is 2.38. The van der Waals surface area contributed by atoms with Crippen molar-refractivity contribution >= 4 is 17.2 Å². The Morgan fingerprint density at radius 3 is 2.68 bits per heavy atom. The van der Waals surface area contributed by atoms with Crippen molar-refractivity contribution in [2.45, 2.75) is 38.0 Å². The van der Waals surface area contributed by atoms with Crippen LogP contribution in [0.5, 0.6) is 5.75 Å². The van der Waals surface area contributed by atoms with Gasteiger partial charge in [-0.2, -0.15) is 5.10 Å². The standard InChI is InChI=1S/C25H27N7O2/c1-16-7-22(23(12-28-16)34-21-9-19-14-33-15-20(10-21)31(19)2)17-3-6-32-18(8-17)11-24(30-32)29-25-13-26-4-5-27-25/h3-8,11-13,19-21H,9-10,14-15H2,1-2H3,(H,27,29,30)/t19-,20+,21-. The maximum atomic E-state index is 6.58. The number of hydrogen-bond acceptors (Lipinski definition) is 8. The first-order valence-electron chi connectivity index (χ1n) is 11.6. The number of piperidine rings is 1. The Hall–Kier alpha value is -3.56. The van der Waals surface area contributed by atoms with Crippen LogP contribution in [0.2, 0.25) is 0 Å². The predicted octanol–water partition coefficient (Wildman–Crippen LogP) is 3.48. The van der Waals surface area contributed by atoms with Crippen molar-refractivity contribution in [1.29, 1.82) is 0 Å². The molecule has 174 valence electrons. The van der Waals surface area contributed by atoms with Crippen molar-refractivity contribution in [1.82, 2.24) is 29.5 Å². The van der Waals surface area contributed by atoms with Crippen LogP contribution < -0.4 is 10.1 Å². The monoisotopic (exact) mass is 457 g/mol. The molecule has 0 amide bonds. The molecule has 9 heteroatoms. The molecule has 3 atom stereocenters. The first-order valence-corrected chi connectivity index (χ1v) is 11.6. The third kappa shape index (κ3) is 4.08. The summed E-state index contributed by atoms with van der Waals surface area (Å²) in [6.07, 6.45) is 10.8. The van der Waals surface area contributed by atoms with Crippen LogP contribution in [0.15, 0.2) is 55.2 Å². The molecule has 0 aromatic carbocycles. The quantitative estimate of drug-likeness (QED) is 0.487. The first-order chi connectivity index (χ1) is 16.6. The summed E-state index contributed by atoms with van der Waals surface area (Å²) in [7, 11) is 2.20. The highest BCUT2D eigenvalue weighted by molar-refractivity contribution is 5.75. The molecule has 0 aliphatic carbocycles. The number of fused-ring (bicyclic) bond motifs is 3. The Morgan fingerprint density at radius 1 is 1.03 bits per heavy atom. The molecule has 6 heterocycles. The van der Waals surface area contributed by atoms with Crippen molar-refractivity contribution in [2.24, 2.45) is 0 Å². The molecule has 4 aromatic heterocycles. The van der Waals surface area contributed by atoms with Gasteiger partial charge in [0.15, 0.2) is 5.82 Å². The number of aryl methyl sites for hydroxylation is 1. The zero-order valence-corrected chi connectivity index (χ0v) is 19.3. The Bertz CT molecular complexity index is 1300. The average Bonchev–Trinajstić information content (AvgIpc) is 3.23. The number of hydrogen-bond donors (Lipinski definition) is 1. The van der Waals surface area contributed by atoms with Crippen molar-refractivity contribution in [2.75, 3.05) is 25.6 Å². The van der Waals surface area contributed by atoms with Gasteiger partial charge in [-0.05, 0) is 37.7 Å². The van der Waals surface area contributed by atoms with Crippen LogP contribution in [0, 0.1) is 6.92 Å². The molecule has 2 aliphatic heterocycles. The van der Waals surface area contributed by atoms with Gasteiger partial charge in [-0.1, -0.05) is 0 Å². The lowest BCUT2D eigenvalue weighted by atomic mass is 9.92. The zero-order valence-electron chi connectivity index (χ0n) is 19.3. The lowest BCUT2D eigenvalue weighted by Crippen LogP contribution is -2.57.